The van der Waals surface area contributed by atoms with Gasteiger partial charge in [-0.1, -0.05) is 0 Å². The molecule has 1 aromatic rings. The molecule has 0 spiro atoms. The molecule has 1 heterocycles. The summed E-state index contributed by atoms with van der Waals surface area (Å²) < 4.78 is 11.8. The van der Waals surface area contributed by atoms with Gasteiger partial charge in [0.25, 0.3) is 0 Å². The minimum atomic E-state index is -0.189. The second-order valence-corrected chi connectivity index (χ2v) is 6.03. The molecular formula is C15H15BrO4. The third kappa shape index (κ3) is 2.59. The molecular weight excluding hydrogens is 324 g/mol. The topological polar surface area (TPSA) is 52.6 Å². The van der Waals surface area contributed by atoms with Crippen molar-refractivity contribution in [1.82, 2.24) is 0 Å². The van der Waals surface area contributed by atoms with Gasteiger partial charge in [0.1, 0.15) is 19.0 Å². The SMILES string of the molecule is O=C1CCCC(C(=O)c2cc(Br)c3c(c2)OCCO3)C1. The number of ketones is 2. The van der Waals surface area contributed by atoms with E-state index in [1.165, 1.54) is 0 Å². The highest BCUT2D eigenvalue weighted by Crippen LogP contribution is 2.39. The van der Waals surface area contributed by atoms with Crippen LogP contribution in [0.2, 0.25) is 0 Å². The van der Waals surface area contributed by atoms with Crippen LogP contribution in [0.15, 0.2) is 16.6 Å². The molecule has 5 heteroatoms. The van der Waals surface area contributed by atoms with Gasteiger partial charge in [-0.2, -0.15) is 0 Å². The second kappa shape index (κ2) is 5.56. The highest BCUT2D eigenvalue weighted by molar-refractivity contribution is 9.10. The fraction of sp³-hybridized carbons (Fsp3) is 0.467. The average Bonchev–Trinajstić information content (AvgIpc) is 2.46. The number of hydrogen-bond donors (Lipinski definition) is 0. The van der Waals surface area contributed by atoms with Crippen molar-refractivity contribution in [3.8, 4) is 11.5 Å². The average molecular weight is 339 g/mol. The number of hydrogen-bond acceptors (Lipinski definition) is 4. The van der Waals surface area contributed by atoms with Crippen molar-refractivity contribution in [1.29, 1.82) is 0 Å². The van der Waals surface area contributed by atoms with E-state index in [1.807, 2.05) is 0 Å². The molecule has 0 saturated heterocycles. The van der Waals surface area contributed by atoms with Gasteiger partial charge in [0.15, 0.2) is 17.3 Å². The highest BCUT2D eigenvalue weighted by Gasteiger charge is 2.28. The Labute approximate surface area is 125 Å². The maximum Gasteiger partial charge on any atom is 0.175 e. The molecule has 0 amide bonds. The molecule has 1 aliphatic carbocycles. The minimum absolute atomic E-state index is 0.0238. The first-order valence-corrected chi connectivity index (χ1v) is 7.59. The number of carbonyl (C=O) groups is 2. The maximum atomic E-state index is 12.5. The van der Waals surface area contributed by atoms with Gasteiger partial charge < -0.3 is 9.47 Å². The van der Waals surface area contributed by atoms with E-state index in [0.29, 0.717) is 43.1 Å². The van der Waals surface area contributed by atoms with Crippen molar-refractivity contribution in [2.24, 2.45) is 5.92 Å². The van der Waals surface area contributed by atoms with Gasteiger partial charge in [-0.15, -0.1) is 0 Å². The highest BCUT2D eigenvalue weighted by atomic mass is 79.9. The number of Topliss-reactive ketones (excluding diaryl/α,β-unsaturated/α-hetero) is 2. The summed E-state index contributed by atoms with van der Waals surface area (Å²) in [6.45, 7) is 0.995. The molecule has 3 rings (SSSR count). The second-order valence-electron chi connectivity index (χ2n) is 5.18. The zero-order chi connectivity index (χ0) is 14.1. The summed E-state index contributed by atoms with van der Waals surface area (Å²) in [5, 5.41) is 0. The van der Waals surface area contributed by atoms with Crippen molar-refractivity contribution < 1.29 is 19.1 Å². The quantitative estimate of drug-likeness (QED) is 0.777. The van der Waals surface area contributed by atoms with Crippen LogP contribution < -0.4 is 9.47 Å². The molecule has 20 heavy (non-hydrogen) atoms. The summed E-state index contributed by atoms with van der Waals surface area (Å²) in [5.74, 6) is 1.26. The van der Waals surface area contributed by atoms with Crippen LogP contribution in [0.1, 0.15) is 36.0 Å². The largest absolute Gasteiger partial charge is 0.486 e. The Hall–Kier alpha value is -1.36. The van der Waals surface area contributed by atoms with Crippen LogP contribution in [0.25, 0.3) is 0 Å². The Kier molecular flexibility index (Phi) is 3.78. The molecule has 1 unspecified atom stereocenters. The van der Waals surface area contributed by atoms with E-state index in [-0.39, 0.29) is 17.5 Å². The summed E-state index contributed by atoms with van der Waals surface area (Å²) >= 11 is 3.41. The molecule has 4 nitrogen and oxygen atoms in total. The number of halogens is 1. The van der Waals surface area contributed by atoms with E-state index in [0.717, 1.165) is 17.3 Å². The molecule has 1 atom stereocenters. The lowest BCUT2D eigenvalue weighted by Gasteiger charge is -2.22. The van der Waals surface area contributed by atoms with Crippen molar-refractivity contribution in [2.75, 3.05) is 13.2 Å². The predicted octanol–water partition coefficient (Wildman–Crippen LogP) is 3.16. The normalized spacial score (nSPS) is 21.6. The van der Waals surface area contributed by atoms with Gasteiger partial charge in [-0.3, -0.25) is 9.59 Å². The van der Waals surface area contributed by atoms with Crippen molar-refractivity contribution >= 4 is 27.5 Å². The Morgan fingerprint density at radius 2 is 2.05 bits per heavy atom. The van der Waals surface area contributed by atoms with Gasteiger partial charge in [-0.05, 0) is 40.9 Å². The van der Waals surface area contributed by atoms with Crippen LogP contribution >= 0.6 is 15.9 Å². The maximum absolute atomic E-state index is 12.5. The van der Waals surface area contributed by atoms with Crippen LogP contribution in [0.4, 0.5) is 0 Å². The van der Waals surface area contributed by atoms with Gasteiger partial charge in [-0.25, -0.2) is 0 Å². The molecule has 1 aliphatic heterocycles. The van der Waals surface area contributed by atoms with Gasteiger partial charge in [0, 0.05) is 24.3 Å². The van der Waals surface area contributed by atoms with E-state index >= 15 is 0 Å². The Bertz CT molecular complexity index is 567. The third-order valence-corrected chi connectivity index (χ3v) is 4.32. The number of rotatable bonds is 2. The lowest BCUT2D eigenvalue weighted by molar-refractivity contribution is -0.121. The van der Waals surface area contributed by atoms with Crippen LogP contribution in [-0.4, -0.2) is 24.8 Å². The first-order chi connectivity index (χ1) is 9.65. The lowest BCUT2D eigenvalue weighted by atomic mass is 9.83. The smallest absolute Gasteiger partial charge is 0.175 e. The lowest BCUT2D eigenvalue weighted by Crippen LogP contribution is -2.23. The predicted molar refractivity (Wildman–Crippen MR) is 76.4 cm³/mol. The zero-order valence-corrected chi connectivity index (χ0v) is 12.6. The monoisotopic (exact) mass is 338 g/mol. The minimum Gasteiger partial charge on any atom is -0.486 e. The Morgan fingerprint density at radius 1 is 1.25 bits per heavy atom. The van der Waals surface area contributed by atoms with E-state index in [4.69, 9.17) is 9.47 Å². The van der Waals surface area contributed by atoms with Gasteiger partial charge >= 0.3 is 0 Å². The molecule has 2 aliphatic rings. The van der Waals surface area contributed by atoms with Crippen LogP contribution in [0.3, 0.4) is 0 Å². The summed E-state index contributed by atoms with van der Waals surface area (Å²) in [4.78, 5) is 24.0. The fourth-order valence-corrected chi connectivity index (χ4v) is 3.29. The molecule has 0 radical (unpaired) electrons. The van der Waals surface area contributed by atoms with Gasteiger partial charge in [0.05, 0.1) is 4.47 Å². The first-order valence-electron chi connectivity index (χ1n) is 6.80. The van der Waals surface area contributed by atoms with Crippen LogP contribution in [0.5, 0.6) is 11.5 Å². The van der Waals surface area contributed by atoms with E-state index < -0.39 is 0 Å². The molecule has 0 bridgehead atoms. The Morgan fingerprint density at radius 3 is 2.85 bits per heavy atom. The number of benzene rings is 1. The fourth-order valence-electron chi connectivity index (χ4n) is 2.74. The molecule has 1 fully saturated rings. The van der Waals surface area contributed by atoms with Crippen molar-refractivity contribution in [3.63, 3.8) is 0 Å². The summed E-state index contributed by atoms with van der Waals surface area (Å²) in [6.07, 6.45) is 2.57. The summed E-state index contributed by atoms with van der Waals surface area (Å²) in [5.41, 5.74) is 0.584. The standard InChI is InChI=1S/C15H15BrO4/c16-12-7-10(8-13-15(12)20-5-4-19-13)14(18)9-2-1-3-11(17)6-9/h7-9H,1-6H2. The Balaban J connectivity index is 1.88. The first kappa shape index (κ1) is 13.6. The third-order valence-electron chi connectivity index (χ3n) is 3.73. The van der Waals surface area contributed by atoms with E-state index in [9.17, 15) is 9.59 Å². The van der Waals surface area contributed by atoms with Crippen molar-refractivity contribution in [2.45, 2.75) is 25.7 Å². The van der Waals surface area contributed by atoms with Gasteiger partial charge in [0.2, 0.25) is 0 Å². The summed E-state index contributed by atoms with van der Waals surface area (Å²) in [6, 6.07) is 3.48. The number of fused-ring (bicyclic) bond motifs is 1. The molecule has 1 saturated carbocycles. The molecule has 0 aromatic heterocycles. The zero-order valence-electron chi connectivity index (χ0n) is 11.0. The van der Waals surface area contributed by atoms with E-state index in [1.54, 1.807) is 12.1 Å². The number of carbonyl (C=O) groups excluding carboxylic acids is 2. The molecule has 106 valence electrons. The number of ether oxygens (including phenoxy) is 2. The summed E-state index contributed by atoms with van der Waals surface area (Å²) in [7, 11) is 0. The van der Waals surface area contributed by atoms with Crippen LogP contribution in [-0.2, 0) is 4.79 Å². The van der Waals surface area contributed by atoms with Crippen molar-refractivity contribution in [3.05, 3.63) is 22.2 Å². The van der Waals surface area contributed by atoms with E-state index in [2.05, 4.69) is 15.9 Å². The van der Waals surface area contributed by atoms with Crippen LogP contribution in [0, 0.1) is 5.92 Å². The molecule has 1 aromatic carbocycles. The molecule has 0 N–H and O–H groups in total.